The first kappa shape index (κ1) is 12.4. The lowest BCUT2D eigenvalue weighted by Crippen LogP contribution is -2.02. The van der Waals surface area contributed by atoms with Crippen molar-refractivity contribution in [3.63, 3.8) is 0 Å². The van der Waals surface area contributed by atoms with Gasteiger partial charge < -0.3 is 14.3 Å². The third kappa shape index (κ3) is 3.49. The van der Waals surface area contributed by atoms with Crippen LogP contribution in [0.5, 0.6) is 11.5 Å². The molecular formula is C11H12F2O3. The molecule has 1 rings (SSSR count). The second-order valence-electron chi connectivity index (χ2n) is 3.06. The fourth-order valence-corrected chi connectivity index (χ4v) is 1.32. The molecule has 3 nitrogen and oxygen atoms in total. The summed E-state index contributed by atoms with van der Waals surface area (Å²) in [6.45, 7) is -2.86. The Morgan fingerprint density at radius 3 is 2.75 bits per heavy atom. The summed E-state index contributed by atoms with van der Waals surface area (Å²) in [5.41, 5.74) is 0.788. The van der Waals surface area contributed by atoms with Crippen LogP contribution in [-0.2, 0) is 11.2 Å². The molecule has 0 N–H and O–H groups in total. The maximum atomic E-state index is 12.0. The minimum Gasteiger partial charge on any atom is -0.496 e. The van der Waals surface area contributed by atoms with E-state index < -0.39 is 6.61 Å². The van der Waals surface area contributed by atoms with E-state index in [0.29, 0.717) is 18.6 Å². The van der Waals surface area contributed by atoms with Crippen molar-refractivity contribution in [2.45, 2.75) is 19.5 Å². The van der Waals surface area contributed by atoms with Gasteiger partial charge in [-0.15, -0.1) is 0 Å². The van der Waals surface area contributed by atoms with Gasteiger partial charge in [0.15, 0.2) is 0 Å². The lowest BCUT2D eigenvalue weighted by atomic mass is 10.1. The summed E-state index contributed by atoms with van der Waals surface area (Å²) in [5.74, 6) is 0.488. The molecule has 0 saturated heterocycles. The molecule has 0 spiro atoms. The molecule has 0 aliphatic rings. The van der Waals surface area contributed by atoms with Crippen LogP contribution in [0.2, 0.25) is 0 Å². The van der Waals surface area contributed by atoms with Gasteiger partial charge in [-0.1, -0.05) is 6.07 Å². The van der Waals surface area contributed by atoms with E-state index in [1.807, 2.05) is 0 Å². The number of methoxy groups -OCH3 is 1. The molecule has 5 heteroatoms. The molecule has 1 aromatic rings. The molecule has 1 aromatic carbocycles. The normalized spacial score (nSPS) is 10.2. The van der Waals surface area contributed by atoms with Gasteiger partial charge in [0, 0.05) is 12.5 Å². The largest absolute Gasteiger partial charge is 0.496 e. The quantitative estimate of drug-likeness (QED) is 0.704. The number of ether oxygens (including phenoxy) is 2. The van der Waals surface area contributed by atoms with E-state index in [2.05, 4.69) is 4.74 Å². The van der Waals surface area contributed by atoms with Gasteiger partial charge in [0.25, 0.3) is 0 Å². The summed E-state index contributed by atoms with van der Waals surface area (Å²) >= 11 is 0. The molecule has 0 aliphatic carbocycles. The molecule has 0 atom stereocenters. The van der Waals surface area contributed by atoms with E-state index in [4.69, 9.17) is 4.74 Å². The van der Waals surface area contributed by atoms with Gasteiger partial charge in [0.05, 0.1) is 7.11 Å². The van der Waals surface area contributed by atoms with Crippen LogP contribution < -0.4 is 9.47 Å². The lowest BCUT2D eigenvalue weighted by Gasteiger charge is -2.10. The van der Waals surface area contributed by atoms with Crippen LogP contribution in [0.4, 0.5) is 8.78 Å². The van der Waals surface area contributed by atoms with Crippen LogP contribution in [0.25, 0.3) is 0 Å². The molecule has 0 unspecified atom stereocenters. The zero-order chi connectivity index (χ0) is 12.0. The number of benzene rings is 1. The Morgan fingerprint density at radius 1 is 1.44 bits per heavy atom. The Bertz CT molecular complexity index is 353. The van der Waals surface area contributed by atoms with E-state index in [1.165, 1.54) is 19.2 Å². The number of rotatable bonds is 6. The van der Waals surface area contributed by atoms with Gasteiger partial charge in [0.1, 0.15) is 17.8 Å². The van der Waals surface area contributed by atoms with Crippen LogP contribution in [-0.4, -0.2) is 20.0 Å². The molecule has 0 radical (unpaired) electrons. The van der Waals surface area contributed by atoms with E-state index in [0.717, 1.165) is 11.8 Å². The number of carbonyl (C=O) groups excluding carboxylic acids is 1. The summed E-state index contributed by atoms with van der Waals surface area (Å²) < 4.78 is 33.2. The molecule has 0 amide bonds. The average Bonchev–Trinajstić information content (AvgIpc) is 2.26. The Morgan fingerprint density at radius 2 is 2.19 bits per heavy atom. The van der Waals surface area contributed by atoms with Crippen LogP contribution in [0.3, 0.4) is 0 Å². The van der Waals surface area contributed by atoms with Crippen molar-refractivity contribution in [2.75, 3.05) is 7.11 Å². The highest BCUT2D eigenvalue weighted by atomic mass is 19.3. The van der Waals surface area contributed by atoms with Gasteiger partial charge >= 0.3 is 6.61 Å². The average molecular weight is 230 g/mol. The SMILES string of the molecule is COc1cc(OC(F)F)ccc1CCC=O. The minimum absolute atomic E-state index is 0.0432. The van der Waals surface area contributed by atoms with Gasteiger partial charge in [-0.3, -0.25) is 0 Å². The summed E-state index contributed by atoms with van der Waals surface area (Å²) in [5, 5.41) is 0. The summed E-state index contributed by atoms with van der Waals surface area (Å²) in [4.78, 5) is 10.2. The van der Waals surface area contributed by atoms with Crippen LogP contribution in [0.15, 0.2) is 18.2 Å². The number of aldehydes is 1. The second-order valence-corrected chi connectivity index (χ2v) is 3.06. The summed E-state index contributed by atoms with van der Waals surface area (Å²) in [6, 6.07) is 4.42. The molecule has 0 fully saturated rings. The van der Waals surface area contributed by atoms with Crippen molar-refractivity contribution < 1.29 is 23.0 Å². The molecular weight excluding hydrogens is 218 g/mol. The van der Waals surface area contributed by atoms with Crippen molar-refractivity contribution in [1.82, 2.24) is 0 Å². The fraction of sp³-hybridized carbons (Fsp3) is 0.364. The number of aryl methyl sites for hydroxylation is 1. The Kier molecular flexibility index (Phi) is 4.69. The maximum absolute atomic E-state index is 12.0. The van der Waals surface area contributed by atoms with Crippen LogP contribution in [0, 0.1) is 0 Å². The molecule has 16 heavy (non-hydrogen) atoms. The van der Waals surface area contributed by atoms with E-state index in [-0.39, 0.29) is 5.75 Å². The van der Waals surface area contributed by atoms with E-state index in [1.54, 1.807) is 6.07 Å². The van der Waals surface area contributed by atoms with E-state index >= 15 is 0 Å². The number of carbonyl (C=O) groups is 1. The van der Waals surface area contributed by atoms with Crippen LogP contribution in [0.1, 0.15) is 12.0 Å². The summed E-state index contributed by atoms with van der Waals surface area (Å²) in [7, 11) is 1.44. The summed E-state index contributed by atoms with van der Waals surface area (Å²) in [6.07, 6.45) is 1.68. The zero-order valence-corrected chi connectivity index (χ0v) is 8.78. The van der Waals surface area contributed by atoms with Gasteiger partial charge in [0.2, 0.25) is 0 Å². The van der Waals surface area contributed by atoms with Crippen molar-refractivity contribution in [3.05, 3.63) is 23.8 Å². The van der Waals surface area contributed by atoms with Crippen LogP contribution >= 0.6 is 0 Å². The Balaban J connectivity index is 2.83. The van der Waals surface area contributed by atoms with Gasteiger partial charge in [-0.25, -0.2) is 0 Å². The molecule has 0 bridgehead atoms. The predicted molar refractivity (Wildman–Crippen MR) is 54.0 cm³/mol. The first-order valence-corrected chi connectivity index (χ1v) is 4.72. The molecule has 0 aromatic heterocycles. The zero-order valence-electron chi connectivity index (χ0n) is 8.78. The molecule has 0 heterocycles. The Hall–Kier alpha value is -1.65. The fourth-order valence-electron chi connectivity index (χ4n) is 1.32. The number of hydrogen-bond acceptors (Lipinski definition) is 3. The van der Waals surface area contributed by atoms with E-state index in [9.17, 15) is 13.6 Å². The smallest absolute Gasteiger partial charge is 0.387 e. The standard InChI is InChI=1S/C11H12F2O3/c1-15-10-7-9(16-11(12)13)5-4-8(10)3-2-6-14/h4-7,11H,2-3H2,1H3. The van der Waals surface area contributed by atoms with Crippen molar-refractivity contribution in [2.24, 2.45) is 0 Å². The van der Waals surface area contributed by atoms with Crippen molar-refractivity contribution in [3.8, 4) is 11.5 Å². The topological polar surface area (TPSA) is 35.5 Å². The first-order chi connectivity index (χ1) is 7.67. The number of hydrogen-bond donors (Lipinski definition) is 0. The number of alkyl halides is 2. The first-order valence-electron chi connectivity index (χ1n) is 4.72. The minimum atomic E-state index is -2.86. The Labute approximate surface area is 92.0 Å². The maximum Gasteiger partial charge on any atom is 0.387 e. The monoisotopic (exact) mass is 230 g/mol. The molecule has 0 aliphatic heterocycles. The molecule has 88 valence electrons. The lowest BCUT2D eigenvalue weighted by molar-refractivity contribution is -0.107. The second kappa shape index (κ2) is 6.05. The highest BCUT2D eigenvalue weighted by molar-refractivity contribution is 5.51. The van der Waals surface area contributed by atoms with Gasteiger partial charge in [-0.05, 0) is 18.1 Å². The van der Waals surface area contributed by atoms with Crippen molar-refractivity contribution in [1.29, 1.82) is 0 Å². The highest BCUT2D eigenvalue weighted by Gasteiger charge is 2.08. The highest BCUT2D eigenvalue weighted by Crippen LogP contribution is 2.26. The van der Waals surface area contributed by atoms with Gasteiger partial charge in [-0.2, -0.15) is 8.78 Å². The molecule has 0 saturated carbocycles. The third-order valence-corrected chi connectivity index (χ3v) is 2.02. The number of halogens is 2. The van der Waals surface area contributed by atoms with Crippen molar-refractivity contribution >= 4 is 6.29 Å². The third-order valence-electron chi connectivity index (χ3n) is 2.02. The predicted octanol–water partition coefficient (Wildman–Crippen LogP) is 2.43.